The maximum absolute atomic E-state index is 12.5. The van der Waals surface area contributed by atoms with Crippen LogP contribution in [0.4, 0.5) is 5.69 Å². The van der Waals surface area contributed by atoms with Gasteiger partial charge in [0.25, 0.3) is 0 Å². The SMILES string of the molecule is Cc1c(NC(=O)C2(C)CC=CCC2)cnc2[nH]ccc12. The number of rotatable bonds is 2. The molecular formula is C16H19N3O. The van der Waals surface area contributed by atoms with Crippen molar-refractivity contribution >= 4 is 22.6 Å². The summed E-state index contributed by atoms with van der Waals surface area (Å²) in [5, 5.41) is 4.11. The number of anilines is 1. The van der Waals surface area contributed by atoms with Crippen molar-refractivity contribution in [3.63, 3.8) is 0 Å². The summed E-state index contributed by atoms with van der Waals surface area (Å²) in [6.07, 6.45) is 10.5. The van der Waals surface area contributed by atoms with Crippen molar-refractivity contribution in [2.24, 2.45) is 5.41 Å². The second-order valence-electron chi connectivity index (χ2n) is 5.77. The van der Waals surface area contributed by atoms with E-state index in [1.165, 1.54) is 0 Å². The molecule has 4 nitrogen and oxygen atoms in total. The van der Waals surface area contributed by atoms with Crippen molar-refractivity contribution in [3.8, 4) is 0 Å². The molecule has 0 aromatic carbocycles. The average molecular weight is 269 g/mol. The van der Waals surface area contributed by atoms with E-state index in [1.807, 2.05) is 26.1 Å². The molecule has 1 amide bonds. The van der Waals surface area contributed by atoms with E-state index in [9.17, 15) is 4.79 Å². The number of nitrogens with one attached hydrogen (secondary N) is 2. The molecular weight excluding hydrogens is 250 g/mol. The summed E-state index contributed by atoms with van der Waals surface area (Å²) in [6.45, 7) is 4.04. The molecule has 20 heavy (non-hydrogen) atoms. The van der Waals surface area contributed by atoms with Gasteiger partial charge in [0.1, 0.15) is 5.65 Å². The maximum Gasteiger partial charge on any atom is 0.230 e. The number of aromatic nitrogens is 2. The molecule has 0 bridgehead atoms. The van der Waals surface area contributed by atoms with Crippen LogP contribution in [0.1, 0.15) is 31.7 Å². The number of hydrogen-bond acceptors (Lipinski definition) is 2. The molecule has 2 aromatic heterocycles. The predicted molar refractivity (Wildman–Crippen MR) is 80.6 cm³/mol. The lowest BCUT2D eigenvalue weighted by Crippen LogP contribution is -2.34. The molecule has 1 atom stereocenters. The van der Waals surface area contributed by atoms with Crippen LogP contribution >= 0.6 is 0 Å². The Morgan fingerprint density at radius 1 is 1.45 bits per heavy atom. The number of carbonyl (C=O) groups is 1. The third-order valence-electron chi connectivity index (χ3n) is 4.25. The van der Waals surface area contributed by atoms with E-state index in [1.54, 1.807) is 6.20 Å². The number of carbonyl (C=O) groups excluding carboxylic acids is 1. The number of aromatic amines is 1. The fourth-order valence-corrected chi connectivity index (χ4v) is 2.71. The number of fused-ring (bicyclic) bond motifs is 1. The fraction of sp³-hybridized carbons (Fsp3) is 0.375. The summed E-state index contributed by atoms with van der Waals surface area (Å²) < 4.78 is 0. The topological polar surface area (TPSA) is 57.8 Å². The Hall–Kier alpha value is -2.10. The van der Waals surface area contributed by atoms with Crippen molar-refractivity contribution in [2.75, 3.05) is 5.32 Å². The van der Waals surface area contributed by atoms with Crippen LogP contribution in [0.5, 0.6) is 0 Å². The zero-order valence-corrected chi connectivity index (χ0v) is 11.9. The van der Waals surface area contributed by atoms with Gasteiger partial charge >= 0.3 is 0 Å². The molecule has 0 radical (unpaired) electrons. The number of amides is 1. The van der Waals surface area contributed by atoms with Crippen molar-refractivity contribution in [3.05, 3.63) is 36.2 Å². The Labute approximate surface area is 118 Å². The molecule has 2 heterocycles. The summed E-state index contributed by atoms with van der Waals surface area (Å²) in [5.74, 6) is 0.0848. The summed E-state index contributed by atoms with van der Waals surface area (Å²) in [6, 6.07) is 1.98. The normalized spacial score (nSPS) is 22.1. The quantitative estimate of drug-likeness (QED) is 0.819. The third-order valence-corrected chi connectivity index (χ3v) is 4.25. The highest BCUT2D eigenvalue weighted by molar-refractivity contribution is 5.98. The van der Waals surface area contributed by atoms with Crippen LogP contribution < -0.4 is 5.32 Å². The highest BCUT2D eigenvalue weighted by Crippen LogP contribution is 2.34. The van der Waals surface area contributed by atoms with Crippen molar-refractivity contribution in [1.82, 2.24) is 9.97 Å². The summed E-state index contributed by atoms with van der Waals surface area (Å²) in [5.41, 5.74) is 2.40. The smallest absolute Gasteiger partial charge is 0.230 e. The average Bonchev–Trinajstić information content (AvgIpc) is 2.92. The molecule has 2 aromatic rings. The Morgan fingerprint density at radius 2 is 2.30 bits per heavy atom. The van der Waals surface area contributed by atoms with Crippen LogP contribution in [0, 0.1) is 12.3 Å². The molecule has 4 heteroatoms. The number of aryl methyl sites for hydroxylation is 1. The first-order chi connectivity index (χ1) is 9.60. The van der Waals surface area contributed by atoms with Crippen LogP contribution in [-0.4, -0.2) is 15.9 Å². The first-order valence-electron chi connectivity index (χ1n) is 6.99. The van der Waals surface area contributed by atoms with Gasteiger partial charge in [0.05, 0.1) is 17.3 Å². The van der Waals surface area contributed by atoms with Gasteiger partial charge in [-0.1, -0.05) is 19.1 Å². The van der Waals surface area contributed by atoms with Crippen LogP contribution in [-0.2, 0) is 4.79 Å². The number of nitrogens with zero attached hydrogens (tertiary/aromatic N) is 1. The van der Waals surface area contributed by atoms with Gasteiger partial charge in [-0.25, -0.2) is 4.98 Å². The molecule has 0 fully saturated rings. The zero-order valence-electron chi connectivity index (χ0n) is 11.9. The van der Waals surface area contributed by atoms with Crippen molar-refractivity contribution in [1.29, 1.82) is 0 Å². The minimum absolute atomic E-state index is 0.0848. The lowest BCUT2D eigenvalue weighted by atomic mass is 9.78. The molecule has 3 rings (SSSR count). The Bertz CT molecular complexity index is 686. The minimum Gasteiger partial charge on any atom is -0.346 e. The highest BCUT2D eigenvalue weighted by Gasteiger charge is 2.33. The van der Waals surface area contributed by atoms with Gasteiger partial charge in [-0.05, 0) is 37.8 Å². The monoisotopic (exact) mass is 269 g/mol. The molecule has 104 valence electrons. The number of pyridine rings is 1. The molecule has 1 aliphatic carbocycles. The van der Waals surface area contributed by atoms with E-state index in [0.717, 1.165) is 41.5 Å². The van der Waals surface area contributed by atoms with Gasteiger partial charge in [-0.15, -0.1) is 0 Å². The van der Waals surface area contributed by atoms with Gasteiger partial charge < -0.3 is 10.3 Å². The minimum atomic E-state index is -0.311. The maximum atomic E-state index is 12.5. The summed E-state index contributed by atoms with van der Waals surface area (Å²) in [4.78, 5) is 20.0. The molecule has 0 aliphatic heterocycles. The Balaban J connectivity index is 1.87. The molecule has 0 saturated heterocycles. The van der Waals surface area contributed by atoms with Gasteiger partial charge in [-0.3, -0.25) is 4.79 Å². The number of H-pyrrole nitrogens is 1. The van der Waals surface area contributed by atoms with E-state index < -0.39 is 0 Å². The van der Waals surface area contributed by atoms with Crippen molar-refractivity contribution < 1.29 is 4.79 Å². The molecule has 0 saturated carbocycles. The van der Waals surface area contributed by atoms with E-state index in [0.29, 0.717) is 0 Å². The number of allylic oxidation sites excluding steroid dienone is 2. The zero-order chi connectivity index (χ0) is 14.2. The van der Waals surface area contributed by atoms with E-state index in [2.05, 4.69) is 27.4 Å². The van der Waals surface area contributed by atoms with E-state index >= 15 is 0 Å². The van der Waals surface area contributed by atoms with Gasteiger partial charge in [0.2, 0.25) is 5.91 Å². The fourth-order valence-electron chi connectivity index (χ4n) is 2.71. The van der Waals surface area contributed by atoms with Gasteiger partial charge in [-0.2, -0.15) is 0 Å². The van der Waals surface area contributed by atoms with Gasteiger partial charge in [0.15, 0.2) is 0 Å². The Kier molecular flexibility index (Phi) is 3.08. The summed E-state index contributed by atoms with van der Waals surface area (Å²) >= 11 is 0. The second-order valence-corrected chi connectivity index (χ2v) is 5.77. The molecule has 0 spiro atoms. The van der Waals surface area contributed by atoms with Crippen LogP contribution in [0.2, 0.25) is 0 Å². The predicted octanol–water partition coefficient (Wildman–Crippen LogP) is 3.56. The van der Waals surface area contributed by atoms with Crippen LogP contribution in [0.25, 0.3) is 11.0 Å². The molecule has 1 unspecified atom stereocenters. The highest BCUT2D eigenvalue weighted by atomic mass is 16.2. The van der Waals surface area contributed by atoms with E-state index in [-0.39, 0.29) is 11.3 Å². The van der Waals surface area contributed by atoms with Gasteiger partial charge in [0, 0.05) is 11.6 Å². The lowest BCUT2D eigenvalue weighted by molar-refractivity contribution is -0.125. The second kappa shape index (κ2) is 4.78. The molecule has 2 N–H and O–H groups in total. The van der Waals surface area contributed by atoms with Crippen LogP contribution in [0.3, 0.4) is 0 Å². The first-order valence-corrected chi connectivity index (χ1v) is 6.99. The van der Waals surface area contributed by atoms with E-state index in [4.69, 9.17) is 0 Å². The van der Waals surface area contributed by atoms with Crippen LogP contribution in [0.15, 0.2) is 30.6 Å². The van der Waals surface area contributed by atoms with Crippen molar-refractivity contribution in [2.45, 2.75) is 33.1 Å². The Morgan fingerprint density at radius 3 is 3.05 bits per heavy atom. The summed E-state index contributed by atoms with van der Waals surface area (Å²) in [7, 11) is 0. The largest absolute Gasteiger partial charge is 0.346 e. The third kappa shape index (κ3) is 2.11. The standard InChI is InChI=1S/C16H19N3O/c1-11-12-6-9-17-14(12)18-10-13(11)19-15(20)16(2)7-4-3-5-8-16/h3-4,6,9-10H,5,7-8H2,1-2H3,(H,17,18)(H,19,20). The molecule has 1 aliphatic rings. The first kappa shape index (κ1) is 12.9. The lowest BCUT2D eigenvalue weighted by Gasteiger charge is -2.29. The number of hydrogen-bond donors (Lipinski definition) is 2.